The Morgan fingerprint density at radius 2 is 1.74 bits per heavy atom. The third kappa shape index (κ3) is 11.5. The van der Waals surface area contributed by atoms with Crippen LogP contribution in [0.25, 0.3) is 0 Å². The molecule has 0 aliphatic carbocycles. The zero-order chi connectivity index (χ0) is 23.8. The number of methoxy groups -OCH3 is 1. The van der Waals surface area contributed by atoms with Gasteiger partial charge in [0, 0.05) is 6.61 Å². The molecule has 1 rings (SSSR count). The third-order valence-corrected chi connectivity index (χ3v) is 6.07. The Balaban J connectivity index is 0.00000436. The van der Waals surface area contributed by atoms with Crippen molar-refractivity contribution in [1.82, 2.24) is 0 Å². The summed E-state index contributed by atoms with van der Waals surface area (Å²) < 4.78 is 45.4. The van der Waals surface area contributed by atoms with Gasteiger partial charge in [-0.3, -0.25) is 0 Å². The molecule has 4 unspecified atom stereocenters. The molecule has 1 fully saturated rings. The van der Waals surface area contributed by atoms with Crippen LogP contribution in [0.3, 0.4) is 0 Å². The highest BCUT2D eigenvalue weighted by Gasteiger charge is 2.23. The predicted octanol–water partition coefficient (Wildman–Crippen LogP) is 8.30. The number of hydrogen-bond acceptors (Lipinski definition) is 3. The van der Waals surface area contributed by atoms with Crippen LogP contribution in [0, 0.1) is 11.8 Å². The molecule has 1 heterocycles. The lowest BCUT2D eigenvalue weighted by atomic mass is 9.91. The van der Waals surface area contributed by atoms with Crippen LogP contribution in [0.5, 0.6) is 0 Å². The third-order valence-electron chi connectivity index (χ3n) is 6.07. The SMILES string of the molecule is CC.CCCCC1CCC(COC(C)CCC(C)/C(CC)=C(F)/C(F)=C(\C)OC)OC1. The van der Waals surface area contributed by atoms with E-state index < -0.39 is 11.7 Å². The standard InChI is InChI=1S/C24H42F2O3.C2H6/c1-7-9-10-20-13-14-21(29-15-20)16-28-18(4)12-11-17(3)22(8-2)24(26)23(25)19(5)27-6;1-2/h17-18,20-21H,7-16H2,1-6H3;1-2H3/b23-19-,24-22-;. The lowest BCUT2D eigenvalue weighted by Crippen LogP contribution is -2.31. The molecule has 0 amide bonds. The summed E-state index contributed by atoms with van der Waals surface area (Å²) in [6.45, 7) is 15.0. The van der Waals surface area contributed by atoms with Gasteiger partial charge in [-0.1, -0.05) is 47.5 Å². The normalized spacial score (nSPS) is 22.5. The molecule has 0 radical (unpaired) electrons. The van der Waals surface area contributed by atoms with Gasteiger partial charge < -0.3 is 14.2 Å². The van der Waals surface area contributed by atoms with Gasteiger partial charge in [-0.2, -0.15) is 0 Å². The van der Waals surface area contributed by atoms with Crippen molar-refractivity contribution in [2.24, 2.45) is 11.8 Å². The van der Waals surface area contributed by atoms with E-state index in [9.17, 15) is 8.78 Å². The lowest BCUT2D eigenvalue weighted by molar-refractivity contribution is -0.0781. The Morgan fingerprint density at radius 3 is 2.26 bits per heavy atom. The summed E-state index contributed by atoms with van der Waals surface area (Å²) in [5, 5.41) is 0. The molecule has 4 atom stereocenters. The molecular weight excluding hydrogens is 398 g/mol. The first-order chi connectivity index (χ1) is 14.8. The van der Waals surface area contributed by atoms with E-state index in [0.29, 0.717) is 24.5 Å². The molecule has 184 valence electrons. The molecule has 0 aromatic heterocycles. The Morgan fingerprint density at radius 1 is 1.06 bits per heavy atom. The second-order valence-corrected chi connectivity index (χ2v) is 8.43. The first-order valence-corrected chi connectivity index (χ1v) is 12.4. The maximum atomic E-state index is 14.5. The Labute approximate surface area is 190 Å². The van der Waals surface area contributed by atoms with Crippen LogP contribution < -0.4 is 0 Å². The Kier molecular flexibility index (Phi) is 17.1. The summed E-state index contributed by atoms with van der Waals surface area (Å²) in [6, 6.07) is 0. The largest absolute Gasteiger partial charge is 0.498 e. The van der Waals surface area contributed by atoms with Crippen LogP contribution in [0.4, 0.5) is 8.78 Å². The zero-order valence-corrected chi connectivity index (χ0v) is 21.4. The average Bonchev–Trinajstić information content (AvgIpc) is 2.81. The van der Waals surface area contributed by atoms with E-state index in [-0.39, 0.29) is 23.9 Å². The van der Waals surface area contributed by atoms with Crippen LogP contribution in [-0.2, 0) is 14.2 Å². The minimum absolute atomic E-state index is 0.0261. The molecule has 0 saturated carbocycles. The van der Waals surface area contributed by atoms with Crippen LogP contribution in [-0.4, -0.2) is 32.5 Å². The molecular formula is C26H48F2O3. The van der Waals surface area contributed by atoms with Crippen molar-refractivity contribution in [3.05, 3.63) is 23.0 Å². The van der Waals surface area contributed by atoms with Crippen molar-refractivity contribution in [2.45, 2.75) is 112 Å². The summed E-state index contributed by atoms with van der Waals surface area (Å²) >= 11 is 0. The second kappa shape index (κ2) is 17.6. The Bertz CT molecular complexity index is 523. The smallest absolute Gasteiger partial charge is 0.195 e. The van der Waals surface area contributed by atoms with Gasteiger partial charge >= 0.3 is 0 Å². The van der Waals surface area contributed by atoms with Gasteiger partial charge in [0.15, 0.2) is 11.7 Å². The van der Waals surface area contributed by atoms with Crippen molar-refractivity contribution in [3.8, 4) is 0 Å². The van der Waals surface area contributed by atoms with Gasteiger partial charge in [0.05, 0.1) is 25.9 Å². The molecule has 0 aromatic rings. The highest BCUT2D eigenvalue weighted by atomic mass is 19.2. The van der Waals surface area contributed by atoms with Crippen LogP contribution in [0.1, 0.15) is 99.8 Å². The fourth-order valence-electron chi connectivity index (χ4n) is 3.83. The lowest BCUT2D eigenvalue weighted by Gasteiger charge is -2.30. The highest BCUT2D eigenvalue weighted by Crippen LogP contribution is 2.31. The Hall–Kier alpha value is -0.940. The molecule has 3 nitrogen and oxygen atoms in total. The predicted molar refractivity (Wildman–Crippen MR) is 126 cm³/mol. The average molecular weight is 447 g/mol. The molecule has 0 N–H and O–H groups in total. The van der Waals surface area contributed by atoms with E-state index in [0.717, 1.165) is 25.9 Å². The maximum absolute atomic E-state index is 14.5. The minimum atomic E-state index is -0.896. The van der Waals surface area contributed by atoms with Crippen LogP contribution in [0.15, 0.2) is 23.0 Å². The number of allylic oxidation sites excluding steroid dienone is 4. The van der Waals surface area contributed by atoms with Crippen molar-refractivity contribution in [3.63, 3.8) is 0 Å². The van der Waals surface area contributed by atoms with Gasteiger partial charge in [0.25, 0.3) is 0 Å². The number of unbranched alkanes of at least 4 members (excludes halogenated alkanes) is 1. The quantitative estimate of drug-likeness (QED) is 0.210. The van der Waals surface area contributed by atoms with Gasteiger partial charge in [-0.25, -0.2) is 8.78 Å². The van der Waals surface area contributed by atoms with E-state index >= 15 is 0 Å². The summed E-state index contributed by atoms with van der Waals surface area (Å²) in [5.74, 6) is -1.04. The topological polar surface area (TPSA) is 27.7 Å². The molecule has 1 saturated heterocycles. The van der Waals surface area contributed by atoms with Crippen LogP contribution in [0.2, 0.25) is 0 Å². The van der Waals surface area contributed by atoms with E-state index in [1.807, 2.05) is 34.6 Å². The summed E-state index contributed by atoms with van der Waals surface area (Å²) in [6.07, 6.45) is 8.37. The zero-order valence-electron chi connectivity index (χ0n) is 21.4. The number of hydrogen-bond donors (Lipinski definition) is 0. The molecule has 5 heteroatoms. The van der Waals surface area contributed by atoms with Crippen molar-refractivity contribution < 1.29 is 23.0 Å². The molecule has 0 spiro atoms. The van der Waals surface area contributed by atoms with Crippen molar-refractivity contribution in [2.75, 3.05) is 20.3 Å². The number of ether oxygens (including phenoxy) is 3. The monoisotopic (exact) mass is 446 g/mol. The summed E-state index contributed by atoms with van der Waals surface area (Å²) in [7, 11) is 1.34. The fraction of sp³-hybridized carbons (Fsp3) is 0.846. The van der Waals surface area contributed by atoms with Gasteiger partial charge in [0.2, 0.25) is 0 Å². The van der Waals surface area contributed by atoms with E-state index in [1.54, 1.807) is 0 Å². The molecule has 1 aliphatic rings. The number of rotatable bonds is 13. The molecule has 1 aliphatic heterocycles. The first-order valence-electron chi connectivity index (χ1n) is 12.4. The molecule has 0 bridgehead atoms. The summed E-state index contributed by atoms with van der Waals surface area (Å²) in [4.78, 5) is 0. The van der Waals surface area contributed by atoms with E-state index in [1.165, 1.54) is 39.7 Å². The molecule has 31 heavy (non-hydrogen) atoms. The first kappa shape index (κ1) is 30.1. The minimum Gasteiger partial charge on any atom is -0.498 e. The van der Waals surface area contributed by atoms with Crippen molar-refractivity contribution >= 4 is 0 Å². The van der Waals surface area contributed by atoms with Crippen molar-refractivity contribution in [1.29, 1.82) is 0 Å². The maximum Gasteiger partial charge on any atom is 0.195 e. The molecule has 0 aromatic carbocycles. The second-order valence-electron chi connectivity index (χ2n) is 8.43. The van der Waals surface area contributed by atoms with Gasteiger partial charge in [-0.05, 0) is 69.8 Å². The van der Waals surface area contributed by atoms with E-state index in [4.69, 9.17) is 14.2 Å². The van der Waals surface area contributed by atoms with Crippen LogP contribution >= 0.6 is 0 Å². The van der Waals surface area contributed by atoms with Gasteiger partial charge in [-0.15, -0.1) is 0 Å². The summed E-state index contributed by atoms with van der Waals surface area (Å²) in [5.41, 5.74) is 0.500. The van der Waals surface area contributed by atoms with Gasteiger partial charge in [0.1, 0.15) is 5.76 Å². The highest BCUT2D eigenvalue weighted by molar-refractivity contribution is 5.28. The number of halogens is 2. The fourth-order valence-corrected chi connectivity index (χ4v) is 3.83. The van der Waals surface area contributed by atoms with E-state index in [2.05, 4.69) is 6.92 Å².